The number of nitrogens with one attached hydrogen (secondary N) is 1. The lowest BCUT2D eigenvalue weighted by Gasteiger charge is -2.07. The van der Waals surface area contributed by atoms with E-state index in [0.717, 1.165) is 34.2 Å². The summed E-state index contributed by atoms with van der Waals surface area (Å²) >= 11 is 1.09. The molecule has 2 aromatic carbocycles. The van der Waals surface area contributed by atoms with E-state index in [9.17, 15) is 4.79 Å². The molecule has 0 unspecified atom stereocenters. The Morgan fingerprint density at radius 1 is 1.11 bits per heavy atom. The van der Waals surface area contributed by atoms with Crippen molar-refractivity contribution in [1.29, 1.82) is 0 Å². The highest BCUT2D eigenvalue weighted by atomic mass is 32.1. The molecule has 1 aromatic heterocycles. The summed E-state index contributed by atoms with van der Waals surface area (Å²) in [7, 11) is 1.61. The molecule has 0 aliphatic heterocycles. The Morgan fingerprint density at radius 2 is 1.78 bits per heavy atom. The number of anilines is 1. The summed E-state index contributed by atoms with van der Waals surface area (Å²) in [4.78, 5) is 12.9. The quantitative estimate of drug-likeness (QED) is 0.649. The molecule has 0 saturated carbocycles. The zero-order chi connectivity index (χ0) is 19.2. The van der Waals surface area contributed by atoms with Crippen molar-refractivity contribution in [3.05, 3.63) is 59.0 Å². The zero-order valence-corrected chi connectivity index (χ0v) is 16.0. The van der Waals surface area contributed by atoms with Crippen LogP contribution in [0.2, 0.25) is 0 Å². The Bertz CT molecular complexity index is 905. The molecule has 0 saturated heterocycles. The second-order valence-electron chi connectivity index (χ2n) is 5.76. The maximum atomic E-state index is 12.5. The van der Waals surface area contributed by atoms with Crippen molar-refractivity contribution < 1.29 is 14.3 Å². The minimum absolute atomic E-state index is 0.237. The number of carbonyl (C=O) groups excluding carboxylic acids is 1. The molecule has 3 N–H and O–H groups in total. The summed E-state index contributed by atoms with van der Waals surface area (Å²) in [5.41, 5.74) is 8.98. The van der Waals surface area contributed by atoms with E-state index >= 15 is 0 Å². The average Bonchev–Trinajstić information content (AvgIpc) is 3.09. The van der Waals surface area contributed by atoms with Crippen LogP contribution < -0.4 is 20.5 Å². The number of methoxy groups -OCH3 is 1. The van der Waals surface area contributed by atoms with Crippen molar-refractivity contribution in [3.8, 4) is 22.8 Å². The predicted molar refractivity (Wildman–Crippen MR) is 107 cm³/mol. The average molecular weight is 383 g/mol. The number of ether oxygens (including phenoxy) is 2. The third-order valence-corrected chi connectivity index (χ3v) is 4.85. The van der Waals surface area contributed by atoms with Crippen LogP contribution in [0.25, 0.3) is 11.3 Å². The Labute approximate surface area is 162 Å². The number of hydrogen-bond acceptors (Lipinski definition) is 6. The highest BCUT2D eigenvalue weighted by Crippen LogP contribution is 2.31. The third kappa shape index (κ3) is 4.38. The van der Waals surface area contributed by atoms with Gasteiger partial charge in [0.25, 0.3) is 5.91 Å². The lowest BCUT2D eigenvalue weighted by atomic mass is 10.1. The zero-order valence-electron chi connectivity index (χ0n) is 15.2. The topological polar surface area (TPSA) is 86.5 Å². The molecule has 6 nitrogen and oxygen atoms in total. The summed E-state index contributed by atoms with van der Waals surface area (Å²) in [6.07, 6.45) is 0. The Morgan fingerprint density at radius 3 is 2.41 bits per heavy atom. The van der Waals surface area contributed by atoms with Crippen molar-refractivity contribution in [3.63, 3.8) is 0 Å². The van der Waals surface area contributed by atoms with Crippen molar-refractivity contribution in [2.75, 3.05) is 19.5 Å². The Kier molecular flexibility index (Phi) is 5.93. The molecule has 0 aliphatic carbocycles. The third-order valence-electron chi connectivity index (χ3n) is 3.99. The van der Waals surface area contributed by atoms with Crippen LogP contribution in [0.5, 0.6) is 11.5 Å². The van der Waals surface area contributed by atoms with E-state index < -0.39 is 0 Å². The maximum Gasteiger partial charge on any atom is 0.265 e. The second kappa shape index (κ2) is 8.55. The van der Waals surface area contributed by atoms with Gasteiger partial charge in [-0.05, 0) is 60.4 Å². The number of nitrogens with two attached hydrogens (primary N) is 1. The molecule has 1 amide bonds. The van der Waals surface area contributed by atoms with E-state index in [1.54, 1.807) is 7.11 Å². The first kappa shape index (κ1) is 18.7. The fraction of sp³-hybridized carbons (Fsp3) is 0.200. The van der Waals surface area contributed by atoms with Crippen LogP contribution in [0.15, 0.2) is 48.5 Å². The summed E-state index contributed by atoms with van der Waals surface area (Å²) in [6, 6.07) is 15.0. The van der Waals surface area contributed by atoms with Crippen LogP contribution in [0.4, 0.5) is 5.69 Å². The van der Waals surface area contributed by atoms with Crippen molar-refractivity contribution in [2.45, 2.75) is 13.5 Å². The van der Waals surface area contributed by atoms with Crippen LogP contribution in [0, 0.1) is 0 Å². The van der Waals surface area contributed by atoms with Gasteiger partial charge in [0, 0.05) is 12.1 Å². The number of nitrogen functional groups attached to an aromatic ring is 1. The SMILES string of the molecule is CCOc1ccc(CNC(=O)c2snc(-c3ccc(OC)cc3)c2N)cc1. The van der Waals surface area contributed by atoms with Crippen LogP contribution >= 0.6 is 11.5 Å². The van der Waals surface area contributed by atoms with E-state index in [1.165, 1.54) is 0 Å². The number of rotatable bonds is 7. The molecular formula is C20H21N3O3S. The van der Waals surface area contributed by atoms with Gasteiger partial charge in [-0.15, -0.1) is 0 Å². The smallest absolute Gasteiger partial charge is 0.265 e. The Hall–Kier alpha value is -3.06. The molecule has 0 atom stereocenters. The van der Waals surface area contributed by atoms with E-state index in [2.05, 4.69) is 9.69 Å². The summed E-state index contributed by atoms with van der Waals surface area (Å²) in [6.45, 7) is 2.96. The van der Waals surface area contributed by atoms with E-state index in [0.29, 0.717) is 29.4 Å². The lowest BCUT2D eigenvalue weighted by molar-refractivity contribution is 0.0956. The van der Waals surface area contributed by atoms with Gasteiger partial charge in [-0.2, -0.15) is 4.37 Å². The summed E-state index contributed by atoms with van der Waals surface area (Å²) in [5, 5.41) is 2.88. The van der Waals surface area contributed by atoms with Crippen molar-refractivity contribution in [2.24, 2.45) is 0 Å². The summed E-state index contributed by atoms with van der Waals surface area (Å²) in [5.74, 6) is 1.32. The Balaban J connectivity index is 1.67. The normalized spacial score (nSPS) is 10.4. The van der Waals surface area contributed by atoms with Gasteiger partial charge in [-0.25, -0.2) is 0 Å². The second-order valence-corrected chi connectivity index (χ2v) is 6.54. The van der Waals surface area contributed by atoms with Crippen LogP contribution in [0.3, 0.4) is 0 Å². The van der Waals surface area contributed by atoms with E-state index in [4.69, 9.17) is 15.2 Å². The molecule has 1 heterocycles. The summed E-state index contributed by atoms with van der Waals surface area (Å²) < 4.78 is 14.9. The molecule has 0 fully saturated rings. The number of nitrogens with zero attached hydrogens (tertiary/aromatic N) is 1. The van der Waals surface area contributed by atoms with Crippen molar-refractivity contribution in [1.82, 2.24) is 9.69 Å². The maximum absolute atomic E-state index is 12.5. The van der Waals surface area contributed by atoms with Gasteiger partial charge < -0.3 is 20.5 Å². The standard InChI is InChI=1S/C20H21N3O3S/c1-3-26-16-8-4-13(5-9-16)12-22-20(24)19-17(21)18(23-27-19)14-6-10-15(25-2)11-7-14/h4-11H,3,12,21H2,1-2H3,(H,22,24). The van der Waals surface area contributed by atoms with E-state index in [1.807, 2.05) is 55.5 Å². The van der Waals surface area contributed by atoms with Gasteiger partial charge in [-0.1, -0.05) is 12.1 Å². The molecule has 0 spiro atoms. The first-order valence-corrected chi connectivity index (χ1v) is 9.29. The molecule has 0 bridgehead atoms. The number of amides is 1. The first-order chi connectivity index (χ1) is 13.1. The predicted octanol–water partition coefficient (Wildman–Crippen LogP) is 3.73. The molecular weight excluding hydrogens is 362 g/mol. The van der Waals surface area contributed by atoms with Gasteiger partial charge in [0.1, 0.15) is 22.1 Å². The van der Waals surface area contributed by atoms with E-state index in [-0.39, 0.29) is 5.91 Å². The number of carbonyl (C=O) groups is 1. The number of benzene rings is 2. The highest BCUT2D eigenvalue weighted by Gasteiger charge is 2.18. The monoisotopic (exact) mass is 383 g/mol. The first-order valence-electron chi connectivity index (χ1n) is 8.52. The number of aromatic nitrogens is 1. The lowest BCUT2D eigenvalue weighted by Crippen LogP contribution is -2.22. The molecule has 0 radical (unpaired) electrons. The minimum atomic E-state index is -0.237. The van der Waals surface area contributed by atoms with Gasteiger partial charge >= 0.3 is 0 Å². The van der Waals surface area contributed by atoms with Crippen LogP contribution in [-0.4, -0.2) is 24.0 Å². The molecule has 7 heteroatoms. The molecule has 0 aliphatic rings. The van der Waals surface area contributed by atoms with Crippen LogP contribution in [0.1, 0.15) is 22.2 Å². The molecule has 140 valence electrons. The van der Waals surface area contributed by atoms with Gasteiger partial charge in [0.15, 0.2) is 0 Å². The van der Waals surface area contributed by atoms with Gasteiger partial charge in [0.2, 0.25) is 0 Å². The van der Waals surface area contributed by atoms with Gasteiger partial charge in [-0.3, -0.25) is 4.79 Å². The largest absolute Gasteiger partial charge is 0.497 e. The van der Waals surface area contributed by atoms with Crippen molar-refractivity contribution >= 4 is 23.1 Å². The highest BCUT2D eigenvalue weighted by molar-refractivity contribution is 7.09. The molecule has 27 heavy (non-hydrogen) atoms. The fourth-order valence-corrected chi connectivity index (χ4v) is 3.29. The molecule has 3 aromatic rings. The number of hydrogen-bond donors (Lipinski definition) is 2. The van der Waals surface area contributed by atoms with Crippen LogP contribution in [-0.2, 0) is 6.54 Å². The molecule has 3 rings (SSSR count). The fourth-order valence-electron chi connectivity index (χ4n) is 2.55. The minimum Gasteiger partial charge on any atom is -0.497 e. The van der Waals surface area contributed by atoms with Gasteiger partial charge in [0.05, 0.1) is 19.4 Å².